The van der Waals surface area contributed by atoms with E-state index in [-0.39, 0.29) is 0 Å². The Labute approximate surface area is 105 Å². The van der Waals surface area contributed by atoms with Gasteiger partial charge in [-0.15, -0.1) is 0 Å². The van der Waals surface area contributed by atoms with Gasteiger partial charge in [-0.25, -0.2) is 0 Å². The molecule has 0 aliphatic heterocycles. The number of rotatable bonds is 4. The van der Waals surface area contributed by atoms with Crippen LogP contribution in [0.2, 0.25) is 10.0 Å². The van der Waals surface area contributed by atoms with E-state index in [1.807, 2.05) is 6.92 Å². The molecule has 16 heavy (non-hydrogen) atoms. The fourth-order valence-electron chi connectivity index (χ4n) is 1.74. The molecule has 0 saturated heterocycles. The molecule has 4 heteroatoms. The summed E-state index contributed by atoms with van der Waals surface area (Å²) in [5.41, 5.74) is 0.608. The van der Waals surface area contributed by atoms with E-state index in [4.69, 9.17) is 27.9 Å². The molecule has 1 fully saturated rings. The van der Waals surface area contributed by atoms with Crippen molar-refractivity contribution >= 4 is 23.2 Å². The summed E-state index contributed by atoms with van der Waals surface area (Å²) in [5, 5.41) is 11.0. The van der Waals surface area contributed by atoms with Gasteiger partial charge < -0.3 is 9.84 Å². The molecule has 0 bridgehead atoms. The Bertz CT molecular complexity index is 389. The van der Waals surface area contributed by atoms with E-state index in [0.717, 1.165) is 12.8 Å². The van der Waals surface area contributed by atoms with Gasteiger partial charge in [-0.05, 0) is 37.8 Å². The lowest BCUT2D eigenvalue weighted by atomic mass is 10.0. The Kier molecular flexibility index (Phi) is 3.63. The van der Waals surface area contributed by atoms with Gasteiger partial charge >= 0.3 is 0 Å². The highest BCUT2D eigenvalue weighted by molar-refractivity contribution is 6.37. The summed E-state index contributed by atoms with van der Waals surface area (Å²) in [4.78, 5) is 0. The normalized spacial score (nSPS) is 17.2. The monoisotopic (exact) mass is 260 g/mol. The lowest BCUT2D eigenvalue weighted by Crippen LogP contribution is -2.03. The Balaban J connectivity index is 2.36. The van der Waals surface area contributed by atoms with Crippen LogP contribution in [0.15, 0.2) is 12.1 Å². The fraction of sp³-hybridized carbons (Fsp3) is 0.500. The van der Waals surface area contributed by atoms with Crippen LogP contribution in [0.4, 0.5) is 0 Å². The first-order chi connectivity index (χ1) is 7.65. The van der Waals surface area contributed by atoms with Crippen molar-refractivity contribution < 1.29 is 9.84 Å². The maximum absolute atomic E-state index is 10.1. The number of halogens is 2. The van der Waals surface area contributed by atoms with Gasteiger partial charge in [0.15, 0.2) is 0 Å². The molecule has 0 spiro atoms. The SMILES string of the molecule is CCOc1ccc(Cl)c(C(O)C2CC2)c1Cl. The zero-order valence-corrected chi connectivity index (χ0v) is 10.6. The van der Waals surface area contributed by atoms with E-state index in [1.165, 1.54) is 0 Å². The first-order valence-electron chi connectivity index (χ1n) is 5.44. The lowest BCUT2D eigenvalue weighted by Gasteiger charge is -2.16. The van der Waals surface area contributed by atoms with Crippen molar-refractivity contribution in [2.45, 2.75) is 25.9 Å². The van der Waals surface area contributed by atoms with Crippen LogP contribution in [0.3, 0.4) is 0 Å². The molecule has 0 heterocycles. The average molecular weight is 261 g/mol. The number of benzene rings is 1. The van der Waals surface area contributed by atoms with Gasteiger partial charge in [-0.1, -0.05) is 23.2 Å². The first-order valence-corrected chi connectivity index (χ1v) is 6.19. The molecule has 0 radical (unpaired) electrons. The second-order valence-electron chi connectivity index (χ2n) is 3.99. The van der Waals surface area contributed by atoms with Gasteiger partial charge in [0.1, 0.15) is 5.75 Å². The second kappa shape index (κ2) is 4.82. The number of hydrogen-bond donors (Lipinski definition) is 1. The molecule has 1 aliphatic rings. The van der Waals surface area contributed by atoms with Crippen molar-refractivity contribution in [3.63, 3.8) is 0 Å². The van der Waals surface area contributed by atoms with Gasteiger partial charge in [0, 0.05) is 10.6 Å². The smallest absolute Gasteiger partial charge is 0.138 e. The van der Waals surface area contributed by atoms with Crippen molar-refractivity contribution in [3.8, 4) is 5.75 Å². The predicted octanol–water partition coefficient (Wildman–Crippen LogP) is 3.84. The number of hydrogen-bond acceptors (Lipinski definition) is 2. The highest BCUT2D eigenvalue weighted by Gasteiger charge is 2.34. The number of ether oxygens (including phenoxy) is 1. The zero-order chi connectivity index (χ0) is 11.7. The van der Waals surface area contributed by atoms with E-state index < -0.39 is 6.10 Å². The Morgan fingerprint density at radius 2 is 2.12 bits per heavy atom. The summed E-state index contributed by atoms with van der Waals surface area (Å²) in [6.07, 6.45) is 1.50. The van der Waals surface area contributed by atoms with Crippen molar-refractivity contribution in [3.05, 3.63) is 27.7 Å². The molecular formula is C12H14Cl2O2. The summed E-state index contributed by atoms with van der Waals surface area (Å²) < 4.78 is 5.38. The van der Waals surface area contributed by atoms with E-state index in [1.54, 1.807) is 12.1 Å². The van der Waals surface area contributed by atoms with Crippen molar-refractivity contribution in [2.24, 2.45) is 5.92 Å². The quantitative estimate of drug-likeness (QED) is 0.892. The van der Waals surface area contributed by atoms with Crippen molar-refractivity contribution in [2.75, 3.05) is 6.61 Å². The summed E-state index contributed by atoms with van der Waals surface area (Å²) in [6, 6.07) is 3.46. The molecule has 1 aliphatic carbocycles. The summed E-state index contributed by atoms with van der Waals surface area (Å²) in [5.74, 6) is 0.884. The minimum atomic E-state index is -0.569. The third kappa shape index (κ3) is 2.29. The molecule has 1 aromatic carbocycles. The molecule has 1 atom stereocenters. The minimum absolute atomic E-state index is 0.298. The highest BCUT2D eigenvalue weighted by Crippen LogP contribution is 2.47. The van der Waals surface area contributed by atoms with E-state index in [9.17, 15) is 5.11 Å². The fourth-order valence-corrected chi connectivity index (χ4v) is 2.38. The van der Waals surface area contributed by atoms with Gasteiger partial charge in [-0.2, -0.15) is 0 Å². The predicted molar refractivity (Wildman–Crippen MR) is 65.3 cm³/mol. The van der Waals surface area contributed by atoms with Crippen molar-refractivity contribution in [1.82, 2.24) is 0 Å². The first kappa shape index (κ1) is 12.0. The number of aliphatic hydroxyl groups is 1. The molecule has 0 amide bonds. The molecule has 1 aromatic rings. The molecule has 1 unspecified atom stereocenters. The van der Waals surface area contributed by atoms with Crippen LogP contribution in [0.1, 0.15) is 31.4 Å². The van der Waals surface area contributed by atoms with Gasteiger partial charge in [0.2, 0.25) is 0 Å². The lowest BCUT2D eigenvalue weighted by molar-refractivity contribution is 0.153. The van der Waals surface area contributed by atoms with E-state index in [0.29, 0.717) is 33.9 Å². The van der Waals surface area contributed by atoms with Gasteiger partial charge in [0.05, 0.1) is 17.7 Å². The van der Waals surface area contributed by atoms with Crippen LogP contribution in [0.25, 0.3) is 0 Å². The topological polar surface area (TPSA) is 29.5 Å². The maximum Gasteiger partial charge on any atom is 0.138 e. The van der Waals surface area contributed by atoms with Crippen LogP contribution in [0, 0.1) is 5.92 Å². The zero-order valence-electron chi connectivity index (χ0n) is 9.04. The maximum atomic E-state index is 10.1. The van der Waals surface area contributed by atoms with Gasteiger partial charge in [0.25, 0.3) is 0 Å². The second-order valence-corrected chi connectivity index (χ2v) is 4.77. The standard InChI is InChI=1S/C12H14Cl2O2/c1-2-16-9-6-5-8(13)10(11(9)14)12(15)7-3-4-7/h5-7,12,15H,2-4H2,1H3. The molecule has 1 N–H and O–H groups in total. The van der Waals surface area contributed by atoms with E-state index >= 15 is 0 Å². The largest absolute Gasteiger partial charge is 0.492 e. The highest BCUT2D eigenvalue weighted by atomic mass is 35.5. The minimum Gasteiger partial charge on any atom is -0.492 e. The third-order valence-corrected chi connectivity index (χ3v) is 3.47. The van der Waals surface area contributed by atoms with Gasteiger partial charge in [-0.3, -0.25) is 0 Å². The Morgan fingerprint density at radius 3 is 2.69 bits per heavy atom. The molecule has 88 valence electrons. The Hall–Kier alpha value is -0.440. The molecular weight excluding hydrogens is 247 g/mol. The molecule has 2 rings (SSSR count). The summed E-state index contributed by atoms with van der Waals surface area (Å²) in [6.45, 7) is 2.43. The summed E-state index contributed by atoms with van der Waals surface area (Å²) in [7, 11) is 0. The van der Waals surface area contributed by atoms with Crippen LogP contribution in [-0.4, -0.2) is 11.7 Å². The Morgan fingerprint density at radius 1 is 1.44 bits per heavy atom. The number of aliphatic hydroxyl groups excluding tert-OH is 1. The van der Waals surface area contributed by atoms with E-state index in [2.05, 4.69) is 0 Å². The summed E-state index contributed by atoms with van der Waals surface area (Å²) >= 11 is 12.3. The average Bonchev–Trinajstić information content (AvgIpc) is 3.06. The third-order valence-electron chi connectivity index (χ3n) is 2.76. The molecule has 2 nitrogen and oxygen atoms in total. The van der Waals surface area contributed by atoms with Crippen LogP contribution in [-0.2, 0) is 0 Å². The van der Waals surface area contributed by atoms with Crippen LogP contribution < -0.4 is 4.74 Å². The van der Waals surface area contributed by atoms with Crippen LogP contribution in [0.5, 0.6) is 5.75 Å². The van der Waals surface area contributed by atoms with Crippen molar-refractivity contribution in [1.29, 1.82) is 0 Å². The van der Waals surface area contributed by atoms with Crippen LogP contribution >= 0.6 is 23.2 Å². The molecule has 1 saturated carbocycles. The molecule has 0 aromatic heterocycles.